The zero-order valence-electron chi connectivity index (χ0n) is 11.2. The van der Waals surface area contributed by atoms with Crippen molar-refractivity contribution in [3.8, 4) is 11.5 Å². The van der Waals surface area contributed by atoms with Crippen molar-refractivity contribution in [1.29, 1.82) is 0 Å². The summed E-state index contributed by atoms with van der Waals surface area (Å²) < 4.78 is 25.5. The number of benzene rings is 2. The second-order valence-electron chi connectivity index (χ2n) is 4.27. The van der Waals surface area contributed by atoms with Gasteiger partial charge in [0.1, 0.15) is 12.4 Å². The third-order valence-corrected chi connectivity index (χ3v) is 4.35. The van der Waals surface area contributed by atoms with Crippen molar-refractivity contribution in [1.82, 2.24) is 0 Å². The van der Waals surface area contributed by atoms with Gasteiger partial charge in [0.05, 0.1) is 22.7 Å². The van der Waals surface area contributed by atoms with Gasteiger partial charge in [-0.3, -0.25) is 0 Å². The van der Waals surface area contributed by atoms with E-state index in [0.29, 0.717) is 31.6 Å². The van der Waals surface area contributed by atoms with E-state index in [1.54, 1.807) is 24.3 Å². The Bertz CT molecular complexity index is 647. The average molecular weight is 420 g/mol. The maximum Gasteiger partial charge on any atom is 0.175 e. The number of methoxy groups -OCH3 is 1. The summed E-state index contributed by atoms with van der Waals surface area (Å²) in [5.74, 6) is 0.671. The summed E-state index contributed by atoms with van der Waals surface area (Å²) in [6, 6.07) is 8.22. The van der Waals surface area contributed by atoms with Crippen molar-refractivity contribution < 1.29 is 19.0 Å². The van der Waals surface area contributed by atoms with Gasteiger partial charge in [0.25, 0.3) is 0 Å². The minimum Gasteiger partial charge on any atom is -0.493 e. The summed E-state index contributed by atoms with van der Waals surface area (Å²) in [4.78, 5) is 0. The van der Waals surface area contributed by atoms with Crippen LogP contribution in [0, 0.1) is 5.82 Å². The molecule has 0 aromatic heterocycles. The molecule has 2 aromatic carbocycles. The molecule has 0 saturated carbocycles. The number of aliphatic hydroxyl groups excluding tert-OH is 1. The molecule has 2 aromatic rings. The van der Waals surface area contributed by atoms with Crippen molar-refractivity contribution >= 4 is 31.9 Å². The van der Waals surface area contributed by atoms with Crippen LogP contribution in [0.2, 0.25) is 0 Å². The summed E-state index contributed by atoms with van der Waals surface area (Å²) in [7, 11) is 1.52. The Labute approximate surface area is 139 Å². The Hall–Kier alpha value is -1.11. The van der Waals surface area contributed by atoms with Gasteiger partial charge in [-0.15, -0.1) is 0 Å². The molecule has 3 nitrogen and oxygen atoms in total. The number of rotatable bonds is 5. The summed E-state index contributed by atoms with van der Waals surface area (Å²) in [5, 5.41) is 9.18. The van der Waals surface area contributed by atoms with Gasteiger partial charge in [0, 0.05) is 5.56 Å². The molecule has 0 radical (unpaired) electrons. The molecule has 2 rings (SSSR count). The van der Waals surface area contributed by atoms with E-state index in [0.717, 1.165) is 0 Å². The van der Waals surface area contributed by atoms with Crippen LogP contribution in [-0.2, 0) is 13.2 Å². The van der Waals surface area contributed by atoms with Crippen LogP contribution in [0.25, 0.3) is 0 Å². The second-order valence-corrected chi connectivity index (χ2v) is 5.92. The van der Waals surface area contributed by atoms with E-state index < -0.39 is 0 Å². The molecule has 0 atom stereocenters. The minimum absolute atomic E-state index is 0.0926. The second kappa shape index (κ2) is 7.24. The van der Waals surface area contributed by atoms with E-state index in [-0.39, 0.29) is 19.0 Å². The van der Waals surface area contributed by atoms with E-state index in [4.69, 9.17) is 9.47 Å². The average Bonchev–Trinajstić information content (AvgIpc) is 2.49. The lowest BCUT2D eigenvalue weighted by atomic mass is 10.2. The molecule has 0 saturated heterocycles. The Kier molecular flexibility index (Phi) is 5.61. The molecular weight excluding hydrogens is 407 g/mol. The van der Waals surface area contributed by atoms with Crippen LogP contribution < -0.4 is 9.47 Å². The van der Waals surface area contributed by atoms with Gasteiger partial charge < -0.3 is 14.6 Å². The van der Waals surface area contributed by atoms with Gasteiger partial charge in [0.15, 0.2) is 11.5 Å². The quantitative estimate of drug-likeness (QED) is 0.778. The SMILES string of the molecule is COc1cc(CO)cc(Br)c1OCc1cccc(F)c1Br. The lowest BCUT2D eigenvalue weighted by molar-refractivity contribution is 0.272. The molecule has 0 amide bonds. The molecule has 0 fully saturated rings. The van der Waals surface area contributed by atoms with Crippen molar-refractivity contribution in [3.63, 3.8) is 0 Å². The molecule has 0 aliphatic heterocycles. The van der Waals surface area contributed by atoms with Crippen molar-refractivity contribution in [3.05, 3.63) is 56.2 Å². The lowest BCUT2D eigenvalue weighted by Gasteiger charge is -2.14. The summed E-state index contributed by atoms with van der Waals surface area (Å²) in [5.41, 5.74) is 1.40. The smallest absolute Gasteiger partial charge is 0.175 e. The predicted octanol–water partition coefficient (Wildman–Crippen LogP) is 4.43. The maximum atomic E-state index is 13.5. The summed E-state index contributed by atoms with van der Waals surface area (Å²) in [6.45, 7) is 0.0937. The van der Waals surface area contributed by atoms with Crippen LogP contribution in [0.15, 0.2) is 39.3 Å². The topological polar surface area (TPSA) is 38.7 Å². The third kappa shape index (κ3) is 3.75. The van der Waals surface area contributed by atoms with Gasteiger partial charge in [0.2, 0.25) is 0 Å². The Balaban J connectivity index is 2.25. The highest BCUT2D eigenvalue weighted by Crippen LogP contribution is 2.37. The third-order valence-electron chi connectivity index (χ3n) is 2.88. The Morgan fingerprint density at radius 3 is 2.67 bits per heavy atom. The molecule has 1 N–H and O–H groups in total. The van der Waals surface area contributed by atoms with E-state index >= 15 is 0 Å². The number of ether oxygens (including phenoxy) is 2. The lowest BCUT2D eigenvalue weighted by Crippen LogP contribution is -2.01. The Morgan fingerprint density at radius 2 is 2.00 bits per heavy atom. The zero-order chi connectivity index (χ0) is 15.4. The first-order valence-electron chi connectivity index (χ1n) is 6.09. The minimum atomic E-state index is -0.335. The maximum absolute atomic E-state index is 13.5. The molecule has 0 aliphatic rings. The van der Waals surface area contributed by atoms with Crippen molar-refractivity contribution in [2.75, 3.05) is 7.11 Å². The van der Waals surface area contributed by atoms with Gasteiger partial charge >= 0.3 is 0 Å². The summed E-state index contributed by atoms with van der Waals surface area (Å²) in [6.07, 6.45) is 0. The van der Waals surface area contributed by atoms with Crippen LogP contribution >= 0.6 is 31.9 Å². The summed E-state index contributed by atoms with van der Waals surface area (Å²) >= 11 is 6.58. The predicted molar refractivity (Wildman–Crippen MR) is 85.0 cm³/mol. The van der Waals surface area contributed by atoms with E-state index in [1.807, 2.05) is 0 Å². The van der Waals surface area contributed by atoms with Gasteiger partial charge in [-0.2, -0.15) is 0 Å². The van der Waals surface area contributed by atoms with Crippen LogP contribution in [-0.4, -0.2) is 12.2 Å². The van der Waals surface area contributed by atoms with Gasteiger partial charge in [-0.1, -0.05) is 12.1 Å². The molecule has 0 bridgehead atoms. The largest absolute Gasteiger partial charge is 0.493 e. The van der Waals surface area contributed by atoms with Crippen LogP contribution in [0.1, 0.15) is 11.1 Å². The highest BCUT2D eigenvalue weighted by atomic mass is 79.9. The van der Waals surface area contributed by atoms with Crippen molar-refractivity contribution in [2.24, 2.45) is 0 Å². The normalized spacial score (nSPS) is 10.5. The van der Waals surface area contributed by atoms with Gasteiger partial charge in [-0.25, -0.2) is 4.39 Å². The molecule has 0 aliphatic carbocycles. The van der Waals surface area contributed by atoms with Gasteiger partial charge in [-0.05, 0) is 55.6 Å². The number of halogens is 3. The standard InChI is InChI=1S/C15H13Br2FO3/c1-20-13-6-9(7-19)5-11(16)15(13)21-8-10-3-2-4-12(18)14(10)17/h2-6,19H,7-8H2,1H3. The fraction of sp³-hybridized carbons (Fsp3) is 0.200. The van der Waals surface area contributed by atoms with E-state index in [1.165, 1.54) is 13.2 Å². The highest BCUT2D eigenvalue weighted by molar-refractivity contribution is 9.10. The first-order chi connectivity index (χ1) is 10.1. The van der Waals surface area contributed by atoms with E-state index in [2.05, 4.69) is 31.9 Å². The van der Waals surface area contributed by atoms with Crippen LogP contribution in [0.3, 0.4) is 0 Å². The monoisotopic (exact) mass is 418 g/mol. The number of hydrogen-bond acceptors (Lipinski definition) is 3. The number of hydrogen-bond donors (Lipinski definition) is 1. The fourth-order valence-corrected chi connectivity index (χ4v) is 2.80. The van der Waals surface area contributed by atoms with Crippen LogP contribution in [0.5, 0.6) is 11.5 Å². The number of aliphatic hydroxyl groups is 1. The molecule has 0 spiro atoms. The molecule has 0 heterocycles. The first kappa shape index (κ1) is 16.3. The van der Waals surface area contributed by atoms with E-state index in [9.17, 15) is 9.50 Å². The Morgan fingerprint density at radius 1 is 1.24 bits per heavy atom. The molecule has 0 unspecified atom stereocenters. The fourth-order valence-electron chi connectivity index (χ4n) is 1.81. The highest BCUT2D eigenvalue weighted by Gasteiger charge is 2.13. The zero-order valence-corrected chi connectivity index (χ0v) is 14.4. The van der Waals surface area contributed by atoms with Crippen molar-refractivity contribution in [2.45, 2.75) is 13.2 Å². The molecular formula is C15H13Br2FO3. The molecule has 112 valence electrons. The molecule has 21 heavy (non-hydrogen) atoms. The first-order valence-corrected chi connectivity index (χ1v) is 7.68. The molecule has 6 heteroatoms. The van der Waals surface area contributed by atoms with Crippen LogP contribution in [0.4, 0.5) is 4.39 Å².